The van der Waals surface area contributed by atoms with Gasteiger partial charge in [0.15, 0.2) is 23.8 Å². The fraction of sp³-hybridized carbons (Fsp3) is 0.0588. The van der Waals surface area contributed by atoms with Crippen LogP contribution in [0.5, 0.6) is 0 Å². The Hall–Kier alpha value is -3.42. The van der Waals surface area contributed by atoms with Crippen molar-refractivity contribution < 1.29 is 22.0 Å². The standard InChI is InChI=1S/C14H10F2N2O2.C3H3NO/c15-11-3-1-9(7-12(11)16)18-8-10-2-4-13(20-10)14-17-5-6-19-14;1-2-5-3-4-1/h1-7,18H,8H2;1-3H. The Balaban J connectivity index is 0.000000314. The number of benzene rings is 1. The molecule has 0 aliphatic carbocycles. The predicted molar refractivity (Wildman–Crippen MR) is 84.4 cm³/mol. The second kappa shape index (κ2) is 7.91. The molecule has 0 amide bonds. The average molecular weight is 345 g/mol. The van der Waals surface area contributed by atoms with Gasteiger partial charge in [0.2, 0.25) is 0 Å². The van der Waals surface area contributed by atoms with Crippen molar-refractivity contribution >= 4 is 5.69 Å². The summed E-state index contributed by atoms with van der Waals surface area (Å²) in [4.78, 5) is 7.52. The van der Waals surface area contributed by atoms with Gasteiger partial charge in [-0.05, 0) is 24.3 Å². The van der Waals surface area contributed by atoms with Gasteiger partial charge >= 0.3 is 0 Å². The molecule has 0 saturated carbocycles. The molecule has 0 unspecified atom stereocenters. The van der Waals surface area contributed by atoms with Crippen LogP contribution in [0.25, 0.3) is 11.7 Å². The molecule has 25 heavy (non-hydrogen) atoms. The number of rotatable bonds is 4. The quantitative estimate of drug-likeness (QED) is 0.587. The number of hydrogen-bond donors (Lipinski definition) is 1. The van der Waals surface area contributed by atoms with E-state index in [1.165, 1.54) is 31.2 Å². The minimum Gasteiger partial charge on any atom is -0.454 e. The summed E-state index contributed by atoms with van der Waals surface area (Å²) < 4.78 is 40.9. The summed E-state index contributed by atoms with van der Waals surface area (Å²) in [6, 6.07) is 7.10. The summed E-state index contributed by atoms with van der Waals surface area (Å²) in [6.45, 7) is 0.339. The Bertz CT molecular complexity index is 873. The van der Waals surface area contributed by atoms with Crippen molar-refractivity contribution in [3.8, 4) is 11.7 Å². The molecule has 128 valence electrons. The minimum atomic E-state index is -0.894. The lowest BCUT2D eigenvalue weighted by Gasteiger charge is -2.04. The number of anilines is 1. The fourth-order valence-corrected chi connectivity index (χ4v) is 1.90. The van der Waals surface area contributed by atoms with E-state index in [9.17, 15) is 8.78 Å². The zero-order valence-corrected chi connectivity index (χ0v) is 12.9. The van der Waals surface area contributed by atoms with Crippen LogP contribution in [0.4, 0.5) is 14.5 Å². The number of hydrogen-bond acceptors (Lipinski definition) is 6. The molecule has 3 aromatic heterocycles. The summed E-state index contributed by atoms with van der Waals surface area (Å²) in [5.41, 5.74) is 0.470. The Morgan fingerprint density at radius 1 is 1.00 bits per heavy atom. The number of nitrogens with zero attached hydrogens (tertiary/aromatic N) is 2. The van der Waals surface area contributed by atoms with Crippen molar-refractivity contribution in [1.82, 2.24) is 9.97 Å². The van der Waals surface area contributed by atoms with Gasteiger partial charge in [-0.3, -0.25) is 0 Å². The predicted octanol–water partition coefficient (Wildman–Crippen LogP) is 4.50. The molecule has 1 N–H and O–H groups in total. The number of halogens is 2. The normalized spacial score (nSPS) is 10.2. The number of furan rings is 1. The van der Waals surface area contributed by atoms with Gasteiger partial charge < -0.3 is 18.6 Å². The van der Waals surface area contributed by atoms with Crippen LogP contribution in [0.15, 0.2) is 74.9 Å². The average Bonchev–Trinajstić information content (AvgIpc) is 3.38. The second-order valence-corrected chi connectivity index (χ2v) is 4.76. The smallest absolute Gasteiger partial charge is 0.262 e. The Morgan fingerprint density at radius 3 is 2.56 bits per heavy atom. The monoisotopic (exact) mass is 345 g/mol. The molecule has 6 nitrogen and oxygen atoms in total. The summed E-state index contributed by atoms with van der Waals surface area (Å²) in [6.07, 6.45) is 7.45. The maximum Gasteiger partial charge on any atom is 0.262 e. The third-order valence-corrected chi connectivity index (χ3v) is 3.04. The van der Waals surface area contributed by atoms with Gasteiger partial charge in [0.1, 0.15) is 18.3 Å². The lowest BCUT2D eigenvalue weighted by Crippen LogP contribution is -1.99. The van der Waals surface area contributed by atoms with Crippen molar-refractivity contribution in [3.63, 3.8) is 0 Å². The number of aromatic nitrogens is 2. The van der Waals surface area contributed by atoms with Gasteiger partial charge in [-0.15, -0.1) is 0 Å². The van der Waals surface area contributed by atoms with Gasteiger partial charge in [-0.2, -0.15) is 0 Å². The van der Waals surface area contributed by atoms with Gasteiger partial charge in [-0.25, -0.2) is 18.7 Å². The molecule has 0 atom stereocenters. The number of nitrogens with one attached hydrogen (secondary N) is 1. The lowest BCUT2D eigenvalue weighted by molar-refractivity contribution is 0.491. The van der Waals surface area contributed by atoms with Crippen molar-refractivity contribution in [1.29, 1.82) is 0 Å². The first-order valence-corrected chi connectivity index (χ1v) is 7.22. The Kier molecular flexibility index (Phi) is 5.20. The van der Waals surface area contributed by atoms with Crippen molar-refractivity contribution in [3.05, 3.63) is 79.0 Å². The second-order valence-electron chi connectivity index (χ2n) is 4.76. The zero-order chi connectivity index (χ0) is 17.5. The van der Waals surface area contributed by atoms with Crippen molar-refractivity contribution in [2.24, 2.45) is 0 Å². The van der Waals surface area contributed by atoms with E-state index in [1.807, 2.05) is 0 Å². The lowest BCUT2D eigenvalue weighted by atomic mass is 10.3. The Labute approximate surface area is 141 Å². The summed E-state index contributed by atoms with van der Waals surface area (Å²) in [7, 11) is 0. The molecular formula is C17H13F2N3O3. The van der Waals surface area contributed by atoms with Crippen LogP contribution in [-0.2, 0) is 6.54 Å². The van der Waals surface area contributed by atoms with Gasteiger partial charge in [0, 0.05) is 11.8 Å². The van der Waals surface area contributed by atoms with Crippen molar-refractivity contribution in [2.75, 3.05) is 5.32 Å². The van der Waals surface area contributed by atoms with E-state index in [0.29, 0.717) is 29.6 Å². The molecule has 0 fully saturated rings. The van der Waals surface area contributed by atoms with Crippen LogP contribution < -0.4 is 5.32 Å². The minimum absolute atomic E-state index is 0.339. The van der Waals surface area contributed by atoms with E-state index in [0.717, 1.165) is 12.1 Å². The van der Waals surface area contributed by atoms with Gasteiger partial charge in [0.25, 0.3) is 5.89 Å². The van der Waals surface area contributed by atoms with Crippen LogP contribution in [0.3, 0.4) is 0 Å². The van der Waals surface area contributed by atoms with Gasteiger partial charge in [0.05, 0.1) is 18.9 Å². The molecule has 0 aliphatic heterocycles. The molecule has 4 rings (SSSR count). The highest BCUT2D eigenvalue weighted by Gasteiger charge is 2.08. The van der Waals surface area contributed by atoms with E-state index in [4.69, 9.17) is 8.83 Å². The molecule has 4 aromatic rings. The van der Waals surface area contributed by atoms with E-state index >= 15 is 0 Å². The molecule has 3 heterocycles. The molecular weight excluding hydrogens is 332 g/mol. The zero-order valence-electron chi connectivity index (χ0n) is 12.9. The summed E-state index contributed by atoms with van der Waals surface area (Å²) in [5.74, 6) is -0.237. The third-order valence-electron chi connectivity index (χ3n) is 3.04. The summed E-state index contributed by atoms with van der Waals surface area (Å²) in [5, 5.41) is 2.94. The highest BCUT2D eigenvalue weighted by molar-refractivity contribution is 5.46. The van der Waals surface area contributed by atoms with Crippen LogP contribution in [0.2, 0.25) is 0 Å². The maximum atomic E-state index is 13.0. The molecule has 1 aromatic carbocycles. The first-order chi connectivity index (χ1) is 12.2. The topological polar surface area (TPSA) is 77.2 Å². The highest BCUT2D eigenvalue weighted by Crippen LogP contribution is 2.21. The van der Waals surface area contributed by atoms with Crippen LogP contribution >= 0.6 is 0 Å². The number of oxazole rings is 2. The van der Waals surface area contributed by atoms with Crippen LogP contribution in [0, 0.1) is 11.6 Å². The van der Waals surface area contributed by atoms with Crippen LogP contribution in [0.1, 0.15) is 5.76 Å². The molecule has 0 saturated heterocycles. The molecule has 0 radical (unpaired) electrons. The molecule has 8 heteroatoms. The van der Waals surface area contributed by atoms with E-state index in [2.05, 4.69) is 19.7 Å². The first kappa shape index (κ1) is 16.4. The maximum absolute atomic E-state index is 13.0. The third kappa shape index (κ3) is 4.54. The largest absolute Gasteiger partial charge is 0.454 e. The highest BCUT2D eigenvalue weighted by atomic mass is 19.2. The van der Waals surface area contributed by atoms with E-state index in [-0.39, 0.29) is 0 Å². The van der Waals surface area contributed by atoms with Gasteiger partial charge in [-0.1, -0.05) is 0 Å². The van der Waals surface area contributed by atoms with Crippen LogP contribution in [-0.4, -0.2) is 9.97 Å². The first-order valence-electron chi connectivity index (χ1n) is 7.22. The fourth-order valence-electron chi connectivity index (χ4n) is 1.90. The van der Waals surface area contributed by atoms with Crippen molar-refractivity contribution in [2.45, 2.75) is 6.54 Å². The Morgan fingerprint density at radius 2 is 1.92 bits per heavy atom. The molecule has 0 spiro atoms. The van der Waals surface area contributed by atoms with E-state index in [1.54, 1.807) is 18.3 Å². The summed E-state index contributed by atoms with van der Waals surface area (Å²) >= 11 is 0. The molecule has 0 bridgehead atoms. The molecule has 0 aliphatic rings. The van der Waals surface area contributed by atoms with E-state index < -0.39 is 11.6 Å². The SMILES string of the molecule is Fc1ccc(NCc2ccc(-c3ncco3)o2)cc1F.c1cocn1.